The van der Waals surface area contributed by atoms with Crippen LogP contribution in [-0.4, -0.2) is 17.0 Å². The van der Waals surface area contributed by atoms with Crippen LogP contribution in [0.15, 0.2) is 59.1 Å². The maximum absolute atomic E-state index is 12.1. The van der Waals surface area contributed by atoms with Gasteiger partial charge >= 0.3 is 5.97 Å². The Kier molecular flexibility index (Phi) is 4.53. The molecule has 0 fully saturated rings. The molecule has 2 rings (SSSR count). The monoisotopic (exact) mass is 333 g/mol. The lowest BCUT2D eigenvalue weighted by Gasteiger charge is -2.15. The number of carbonyl (C=O) groups is 2. The molecule has 0 heterocycles. The van der Waals surface area contributed by atoms with E-state index < -0.39 is 17.9 Å². The Balaban J connectivity index is 2.24. The highest BCUT2D eigenvalue weighted by molar-refractivity contribution is 9.10. The van der Waals surface area contributed by atoms with Crippen LogP contribution in [0.25, 0.3) is 0 Å². The van der Waals surface area contributed by atoms with Crippen LogP contribution < -0.4 is 5.32 Å². The van der Waals surface area contributed by atoms with E-state index in [0.717, 1.165) is 0 Å². The van der Waals surface area contributed by atoms with Crippen molar-refractivity contribution in [3.05, 3.63) is 70.2 Å². The second kappa shape index (κ2) is 6.34. The molecule has 5 heteroatoms. The highest BCUT2D eigenvalue weighted by Gasteiger charge is 2.23. The van der Waals surface area contributed by atoms with Crippen molar-refractivity contribution in [3.8, 4) is 0 Å². The lowest BCUT2D eigenvalue weighted by atomic mass is 10.1. The molecule has 2 aromatic carbocycles. The zero-order valence-corrected chi connectivity index (χ0v) is 12.0. The third-order valence-corrected chi connectivity index (χ3v) is 3.47. The van der Waals surface area contributed by atoms with Crippen LogP contribution in [0.2, 0.25) is 0 Å². The van der Waals surface area contributed by atoms with Gasteiger partial charge in [-0.15, -0.1) is 0 Å². The Labute approximate surface area is 124 Å². The van der Waals surface area contributed by atoms with Crippen LogP contribution in [0.5, 0.6) is 0 Å². The molecule has 0 bridgehead atoms. The third-order valence-electron chi connectivity index (χ3n) is 2.77. The number of carbonyl (C=O) groups excluding carboxylic acids is 1. The summed E-state index contributed by atoms with van der Waals surface area (Å²) in [6.45, 7) is 0. The number of aliphatic carboxylic acids is 1. The van der Waals surface area contributed by atoms with Crippen molar-refractivity contribution in [2.75, 3.05) is 0 Å². The van der Waals surface area contributed by atoms with E-state index in [4.69, 9.17) is 0 Å². The van der Waals surface area contributed by atoms with E-state index in [1.807, 2.05) is 0 Å². The van der Waals surface area contributed by atoms with Crippen molar-refractivity contribution in [2.45, 2.75) is 6.04 Å². The smallest absolute Gasteiger partial charge is 0.330 e. The number of benzene rings is 2. The third kappa shape index (κ3) is 3.24. The van der Waals surface area contributed by atoms with Crippen molar-refractivity contribution in [1.82, 2.24) is 5.32 Å². The molecule has 0 aliphatic carbocycles. The summed E-state index contributed by atoms with van der Waals surface area (Å²) >= 11 is 3.27. The second-order valence-corrected chi connectivity index (χ2v) is 4.99. The quantitative estimate of drug-likeness (QED) is 0.903. The van der Waals surface area contributed by atoms with E-state index in [2.05, 4.69) is 21.2 Å². The SMILES string of the molecule is O=C(NC(C(=O)O)c1ccccc1)c1ccccc1Br. The lowest BCUT2D eigenvalue weighted by Crippen LogP contribution is -2.33. The number of halogens is 1. The minimum Gasteiger partial charge on any atom is -0.479 e. The predicted molar refractivity (Wildman–Crippen MR) is 78.4 cm³/mol. The normalized spacial score (nSPS) is 11.7. The van der Waals surface area contributed by atoms with Crippen LogP contribution >= 0.6 is 15.9 Å². The van der Waals surface area contributed by atoms with Gasteiger partial charge in [0.25, 0.3) is 5.91 Å². The summed E-state index contributed by atoms with van der Waals surface area (Å²) in [6, 6.07) is 14.4. The van der Waals surface area contributed by atoms with Crippen molar-refractivity contribution >= 4 is 27.8 Å². The fourth-order valence-corrected chi connectivity index (χ4v) is 2.25. The maximum Gasteiger partial charge on any atom is 0.330 e. The highest BCUT2D eigenvalue weighted by Crippen LogP contribution is 2.18. The number of hydrogen-bond donors (Lipinski definition) is 2. The number of carboxylic acids is 1. The maximum atomic E-state index is 12.1. The molecule has 0 radical (unpaired) electrons. The average molecular weight is 334 g/mol. The van der Waals surface area contributed by atoms with Gasteiger partial charge in [0, 0.05) is 4.47 Å². The number of nitrogens with one attached hydrogen (secondary N) is 1. The summed E-state index contributed by atoms with van der Waals surface area (Å²) in [5.41, 5.74) is 0.926. The van der Waals surface area contributed by atoms with Gasteiger partial charge in [-0.25, -0.2) is 4.79 Å². The summed E-state index contributed by atoms with van der Waals surface area (Å²) in [5.74, 6) is -1.54. The summed E-state index contributed by atoms with van der Waals surface area (Å²) in [6.07, 6.45) is 0. The minimum atomic E-state index is -1.10. The Morgan fingerprint density at radius 1 is 1.00 bits per heavy atom. The Morgan fingerprint density at radius 3 is 2.20 bits per heavy atom. The minimum absolute atomic E-state index is 0.398. The van der Waals surface area contributed by atoms with Gasteiger partial charge in [0.2, 0.25) is 0 Å². The van der Waals surface area contributed by atoms with Crippen LogP contribution in [0.1, 0.15) is 22.0 Å². The first-order chi connectivity index (χ1) is 9.59. The zero-order chi connectivity index (χ0) is 14.5. The molecule has 0 aliphatic heterocycles. The Morgan fingerprint density at radius 2 is 1.60 bits per heavy atom. The van der Waals surface area contributed by atoms with E-state index in [1.54, 1.807) is 54.6 Å². The van der Waals surface area contributed by atoms with Crippen LogP contribution in [0.4, 0.5) is 0 Å². The molecule has 1 unspecified atom stereocenters. The first kappa shape index (κ1) is 14.3. The summed E-state index contributed by atoms with van der Waals surface area (Å²) < 4.78 is 0.620. The molecule has 1 amide bonds. The van der Waals surface area contributed by atoms with Gasteiger partial charge < -0.3 is 10.4 Å². The first-order valence-corrected chi connectivity index (χ1v) is 6.72. The molecule has 102 valence electrons. The van der Waals surface area contributed by atoms with Gasteiger partial charge in [-0.1, -0.05) is 42.5 Å². The Bertz CT molecular complexity index is 628. The van der Waals surface area contributed by atoms with Crippen LogP contribution in [0.3, 0.4) is 0 Å². The predicted octanol–water partition coefficient (Wildman–Crippen LogP) is 3.00. The topological polar surface area (TPSA) is 66.4 Å². The van der Waals surface area contributed by atoms with Gasteiger partial charge in [0.15, 0.2) is 6.04 Å². The fraction of sp³-hybridized carbons (Fsp3) is 0.0667. The highest BCUT2D eigenvalue weighted by atomic mass is 79.9. The van der Waals surface area contributed by atoms with E-state index in [1.165, 1.54) is 0 Å². The van der Waals surface area contributed by atoms with Crippen LogP contribution in [-0.2, 0) is 4.79 Å². The summed E-state index contributed by atoms with van der Waals surface area (Å²) in [7, 11) is 0. The second-order valence-electron chi connectivity index (χ2n) is 4.14. The molecule has 0 spiro atoms. The first-order valence-electron chi connectivity index (χ1n) is 5.92. The standard InChI is InChI=1S/C15H12BrNO3/c16-12-9-5-4-8-11(12)14(18)17-13(15(19)20)10-6-2-1-3-7-10/h1-9,13H,(H,17,18)(H,19,20). The Hall–Kier alpha value is -2.14. The average Bonchev–Trinajstić information content (AvgIpc) is 2.45. The summed E-state index contributed by atoms with van der Waals surface area (Å²) in [4.78, 5) is 23.5. The number of carboxylic acid groups (broad SMARTS) is 1. The lowest BCUT2D eigenvalue weighted by molar-refractivity contribution is -0.139. The molecular weight excluding hydrogens is 322 g/mol. The van der Waals surface area contributed by atoms with Gasteiger partial charge in [-0.05, 0) is 33.6 Å². The van der Waals surface area contributed by atoms with E-state index >= 15 is 0 Å². The van der Waals surface area contributed by atoms with E-state index in [-0.39, 0.29) is 0 Å². The van der Waals surface area contributed by atoms with Crippen LogP contribution in [0, 0.1) is 0 Å². The molecule has 0 saturated heterocycles. The number of amides is 1. The van der Waals surface area contributed by atoms with Crippen molar-refractivity contribution in [1.29, 1.82) is 0 Å². The molecule has 2 aromatic rings. The molecule has 0 aliphatic rings. The molecule has 0 saturated carbocycles. The largest absolute Gasteiger partial charge is 0.479 e. The molecule has 20 heavy (non-hydrogen) atoms. The number of hydrogen-bond acceptors (Lipinski definition) is 2. The van der Waals surface area contributed by atoms with Gasteiger partial charge in [0.05, 0.1) is 5.56 Å². The molecule has 2 N–H and O–H groups in total. The van der Waals surface area contributed by atoms with E-state index in [0.29, 0.717) is 15.6 Å². The summed E-state index contributed by atoms with van der Waals surface area (Å²) in [5, 5.41) is 11.8. The number of rotatable bonds is 4. The molecule has 0 aromatic heterocycles. The zero-order valence-electron chi connectivity index (χ0n) is 10.4. The molecule has 1 atom stereocenters. The molecule has 4 nitrogen and oxygen atoms in total. The molecular formula is C15H12BrNO3. The fourth-order valence-electron chi connectivity index (χ4n) is 1.79. The van der Waals surface area contributed by atoms with Gasteiger partial charge in [-0.3, -0.25) is 4.79 Å². The van der Waals surface area contributed by atoms with Crippen molar-refractivity contribution in [3.63, 3.8) is 0 Å². The van der Waals surface area contributed by atoms with Gasteiger partial charge in [-0.2, -0.15) is 0 Å². The van der Waals surface area contributed by atoms with Crippen molar-refractivity contribution < 1.29 is 14.7 Å². The van der Waals surface area contributed by atoms with Crippen molar-refractivity contribution in [2.24, 2.45) is 0 Å². The van der Waals surface area contributed by atoms with Gasteiger partial charge in [0.1, 0.15) is 0 Å². The van der Waals surface area contributed by atoms with E-state index in [9.17, 15) is 14.7 Å².